The minimum absolute atomic E-state index is 0.0379. The summed E-state index contributed by atoms with van der Waals surface area (Å²) < 4.78 is 0. The van der Waals surface area contributed by atoms with Crippen LogP contribution in [0.2, 0.25) is 0 Å². The number of amides is 3. The predicted octanol–water partition coefficient (Wildman–Crippen LogP) is 5.59. The third kappa shape index (κ3) is 5.63. The molecule has 0 spiro atoms. The number of carbonyl (C=O) groups is 2. The molecule has 1 N–H and O–H groups in total. The second kappa shape index (κ2) is 11.0. The number of allylic oxidation sites excluding steroid dienone is 1. The molecule has 198 valence electrons. The van der Waals surface area contributed by atoms with E-state index in [2.05, 4.69) is 54.1 Å². The average Bonchev–Trinajstić information content (AvgIpc) is 3.46. The topological polar surface area (TPSA) is 55.9 Å². The summed E-state index contributed by atoms with van der Waals surface area (Å²) in [6.07, 6.45) is 5.81. The lowest BCUT2D eigenvalue weighted by atomic mass is 9.49. The van der Waals surface area contributed by atoms with Gasteiger partial charge in [-0.2, -0.15) is 0 Å². The zero-order chi connectivity index (χ0) is 26.0. The maximum absolute atomic E-state index is 13.4. The van der Waals surface area contributed by atoms with E-state index < -0.39 is 0 Å². The smallest absolute Gasteiger partial charge is 0.321 e. The highest BCUT2D eigenvalue weighted by atomic mass is 32.1. The molecule has 0 radical (unpaired) electrons. The van der Waals surface area contributed by atoms with Crippen LogP contribution in [0.15, 0.2) is 53.4 Å². The van der Waals surface area contributed by atoms with Crippen molar-refractivity contribution in [1.29, 1.82) is 0 Å². The largest absolute Gasteiger partial charge is 0.333 e. The number of carbonyl (C=O) groups excluding carboxylic acids is 2. The summed E-state index contributed by atoms with van der Waals surface area (Å²) in [5, 5.41) is 5.01. The Hall–Kier alpha value is -2.64. The van der Waals surface area contributed by atoms with Gasteiger partial charge in [0.1, 0.15) is 0 Å². The summed E-state index contributed by atoms with van der Waals surface area (Å²) in [6.45, 7) is 12.2. The number of nitrogens with zero attached hydrogens (tertiary/aromatic N) is 3. The number of anilines is 1. The van der Waals surface area contributed by atoms with Crippen LogP contribution in [-0.4, -0.2) is 72.5 Å². The average molecular weight is 521 g/mol. The van der Waals surface area contributed by atoms with Gasteiger partial charge in [0.05, 0.1) is 4.88 Å². The first-order valence-corrected chi connectivity index (χ1v) is 14.6. The van der Waals surface area contributed by atoms with Gasteiger partial charge in [-0.1, -0.05) is 50.6 Å². The molecule has 1 aliphatic heterocycles. The Morgan fingerprint density at radius 1 is 1.11 bits per heavy atom. The van der Waals surface area contributed by atoms with Crippen LogP contribution in [0.1, 0.15) is 48.8 Å². The molecule has 1 aromatic carbocycles. The molecular weight excluding hydrogens is 480 g/mol. The Morgan fingerprint density at radius 3 is 2.49 bits per heavy atom. The number of piperazine rings is 1. The summed E-state index contributed by atoms with van der Waals surface area (Å²) >= 11 is 1.52. The first-order chi connectivity index (χ1) is 17.8. The fourth-order valence-electron chi connectivity index (χ4n) is 6.15. The summed E-state index contributed by atoms with van der Waals surface area (Å²) in [5.41, 5.74) is 3.91. The molecule has 4 aliphatic rings. The second-order valence-corrected chi connectivity index (χ2v) is 12.3. The number of benzene rings is 1. The van der Waals surface area contributed by atoms with E-state index in [1.165, 1.54) is 28.9 Å². The van der Waals surface area contributed by atoms with Crippen LogP contribution >= 0.6 is 11.3 Å². The Kier molecular flexibility index (Phi) is 7.72. The highest BCUT2D eigenvalue weighted by Gasteiger charge is 2.51. The summed E-state index contributed by atoms with van der Waals surface area (Å²) in [5.74, 6) is 1.54. The molecule has 3 amide bonds. The van der Waals surface area contributed by atoms with E-state index in [1.54, 1.807) is 0 Å². The molecular formula is C30H40N4O2S. The number of hydrogen-bond donors (Lipinski definition) is 1. The van der Waals surface area contributed by atoms with E-state index in [4.69, 9.17) is 0 Å². The van der Waals surface area contributed by atoms with Crippen LogP contribution in [0, 0.1) is 17.3 Å². The number of hydrogen-bond acceptors (Lipinski definition) is 4. The normalized spacial score (nSPS) is 22.7. The minimum Gasteiger partial charge on any atom is -0.333 e. The van der Waals surface area contributed by atoms with Crippen molar-refractivity contribution in [2.45, 2.75) is 40.0 Å². The highest BCUT2D eigenvalue weighted by Crippen LogP contribution is 2.59. The molecule has 2 heterocycles. The molecule has 6 rings (SSSR count). The van der Waals surface area contributed by atoms with Gasteiger partial charge in [0, 0.05) is 51.5 Å². The monoisotopic (exact) mass is 520 g/mol. The van der Waals surface area contributed by atoms with Crippen LogP contribution in [-0.2, 0) is 6.42 Å². The Balaban J connectivity index is 1.14. The van der Waals surface area contributed by atoms with Gasteiger partial charge in [0.2, 0.25) is 0 Å². The lowest BCUT2D eigenvalue weighted by molar-refractivity contribution is -0.0105. The minimum atomic E-state index is -0.0379. The van der Waals surface area contributed by atoms with E-state index in [0.717, 1.165) is 55.5 Å². The lowest BCUT2D eigenvalue weighted by Crippen LogP contribution is -2.52. The number of rotatable bonds is 8. The lowest BCUT2D eigenvalue weighted by Gasteiger charge is -2.57. The quantitative estimate of drug-likeness (QED) is 0.462. The Bertz CT molecular complexity index is 1120. The first-order valence-electron chi connectivity index (χ1n) is 13.7. The van der Waals surface area contributed by atoms with Gasteiger partial charge in [-0.25, -0.2) is 4.79 Å². The maximum Gasteiger partial charge on any atom is 0.321 e. The number of urea groups is 1. The number of fused-ring (bicyclic) bond motifs is 1. The molecule has 2 atom stereocenters. The van der Waals surface area contributed by atoms with Gasteiger partial charge in [-0.05, 0) is 65.7 Å². The zero-order valence-corrected chi connectivity index (χ0v) is 23.2. The van der Waals surface area contributed by atoms with E-state index >= 15 is 0 Å². The van der Waals surface area contributed by atoms with Crippen LogP contribution in [0.25, 0.3) is 0 Å². The summed E-state index contributed by atoms with van der Waals surface area (Å²) in [7, 11) is 0. The third-order valence-electron chi connectivity index (χ3n) is 8.93. The van der Waals surface area contributed by atoms with E-state index in [0.29, 0.717) is 31.0 Å². The second-order valence-electron chi connectivity index (χ2n) is 11.3. The molecule has 2 bridgehead atoms. The SMILES string of the molecule is CCc1ccc(NC(=O)N2CCN(CCN(CC3=CCC4CC3C4(C)C)C(=O)c3cccs3)CC2)cc1. The van der Waals surface area contributed by atoms with Gasteiger partial charge in [-0.15, -0.1) is 11.3 Å². The first kappa shape index (κ1) is 26.0. The zero-order valence-electron chi connectivity index (χ0n) is 22.4. The van der Waals surface area contributed by atoms with Crippen molar-refractivity contribution >= 4 is 29.0 Å². The number of aryl methyl sites for hydroxylation is 1. The van der Waals surface area contributed by atoms with Crippen molar-refractivity contribution in [3.8, 4) is 0 Å². The third-order valence-corrected chi connectivity index (χ3v) is 9.79. The van der Waals surface area contributed by atoms with Gasteiger partial charge >= 0.3 is 6.03 Å². The molecule has 7 heteroatoms. The Labute approximate surface area is 225 Å². The molecule has 2 unspecified atom stereocenters. The molecule has 1 saturated carbocycles. The van der Waals surface area contributed by atoms with Crippen molar-refractivity contribution < 1.29 is 9.59 Å². The van der Waals surface area contributed by atoms with E-state index in [-0.39, 0.29) is 11.9 Å². The van der Waals surface area contributed by atoms with Crippen molar-refractivity contribution in [1.82, 2.24) is 14.7 Å². The van der Waals surface area contributed by atoms with Crippen molar-refractivity contribution in [2.24, 2.45) is 17.3 Å². The van der Waals surface area contributed by atoms with E-state index in [9.17, 15) is 9.59 Å². The molecule has 37 heavy (non-hydrogen) atoms. The van der Waals surface area contributed by atoms with Crippen LogP contribution in [0.5, 0.6) is 0 Å². The van der Waals surface area contributed by atoms with Crippen molar-refractivity contribution in [3.63, 3.8) is 0 Å². The van der Waals surface area contributed by atoms with Gasteiger partial charge in [0.15, 0.2) is 0 Å². The van der Waals surface area contributed by atoms with Gasteiger partial charge in [0.25, 0.3) is 5.91 Å². The van der Waals surface area contributed by atoms with Crippen molar-refractivity contribution in [2.75, 3.05) is 51.1 Å². The summed E-state index contributed by atoms with van der Waals surface area (Å²) in [6, 6.07) is 11.9. The highest BCUT2D eigenvalue weighted by molar-refractivity contribution is 7.12. The molecule has 1 saturated heterocycles. The molecule has 1 aromatic heterocycles. The van der Waals surface area contributed by atoms with Crippen LogP contribution in [0.4, 0.5) is 10.5 Å². The van der Waals surface area contributed by atoms with Gasteiger partial charge in [-0.3, -0.25) is 9.69 Å². The maximum atomic E-state index is 13.4. The summed E-state index contributed by atoms with van der Waals surface area (Å²) in [4.78, 5) is 33.3. The number of nitrogens with one attached hydrogen (secondary N) is 1. The molecule has 3 aliphatic carbocycles. The van der Waals surface area contributed by atoms with Crippen LogP contribution in [0.3, 0.4) is 0 Å². The predicted molar refractivity (Wildman–Crippen MR) is 151 cm³/mol. The van der Waals surface area contributed by atoms with Crippen LogP contribution < -0.4 is 5.32 Å². The van der Waals surface area contributed by atoms with E-state index in [1.807, 2.05) is 34.5 Å². The Morgan fingerprint density at radius 2 is 1.86 bits per heavy atom. The molecule has 2 aromatic rings. The molecule has 6 nitrogen and oxygen atoms in total. The number of thiophene rings is 1. The fraction of sp³-hybridized carbons (Fsp3) is 0.533. The fourth-order valence-corrected chi connectivity index (χ4v) is 6.84. The molecule has 2 fully saturated rings. The van der Waals surface area contributed by atoms with Gasteiger partial charge < -0.3 is 15.1 Å². The standard InChI is InChI=1S/C30H40N4O2S/c1-4-22-7-11-25(12-8-22)31-29(36)33-16-13-32(14-17-33)15-18-34(28(35)27-6-5-19-37-27)21-23-9-10-24-20-26(23)30(24,2)3/h5-9,11-12,19,24,26H,4,10,13-18,20-21H2,1-3H3,(H,31,36). The van der Waals surface area contributed by atoms with Crippen molar-refractivity contribution in [3.05, 3.63) is 63.9 Å².